The summed E-state index contributed by atoms with van der Waals surface area (Å²) in [5.74, 6) is 2.98. The third-order valence-corrected chi connectivity index (χ3v) is 3.14. The van der Waals surface area contributed by atoms with Gasteiger partial charge in [0.1, 0.15) is 18.0 Å². The number of nitro benzene ring substituents is 1. The summed E-state index contributed by atoms with van der Waals surface area (Å²) in [6.07, 6.45) is 6.69. The van der Waals surface area contributed by atoms with Crippen molar-refractivity contribution in [2.75, 3.05) is 11.9 Å². The van der Waals surface area contributed by atoms with Gasteiger partial charge in [-0.2, -0.15) is 5.10 Å². The molecule has 2 N–H and O–H groups in total. The first kappa shape index (κ1) is 17.9. The van der Waals surface area contributed by atoms with Gasteiger partial charge in [0.05, 0.1) is 11.1 Å². The molecule has 0 aliphatic rings. The Labute approximate surface area is 149 Å². The number of ether oxygens (including phenoxy) is 1. The topological polar surface area (TPSA) is 88.8 Å². The van der Waals surface area contributed by atoms with E-state index in [1.165, 1.54) is 12.3 Å². The zero-order valence-electron chi connectivity index (χ0n) is 13.0. The maximum absolute atomic E-state index is 11.0. The van der Waals surface area contributed by atoms with Crippen LogP contribution in [0.2, 0.25) is 0 Å². The molecule has 2 rings (SSSR count). The number of benzene rings is 2. The van der Waals surface area contributed by atoms with E-state index in [2.05, 4.69) is 21.8 Å². The second kappa shape index (κ2) is 9.00. The lowest BCUT2D eigenvalue weighted by Gasteiger charge is -2.08. The van der Waals surface area contributed by atoms with Crippen molar-refractivity contribution in [3.8, 4) is 18.1 Å². The summed E-state index contributed by atoms with van der Waals surface area (Å²) >= 11 is 5.08. The molecule has 2 aromatic rings. The maximum atomic E-state index is 11.0. The molecule has 0 fully saturated rings. The first-order chi connectivity index (χ1) is 12.1. The highest BCUT2D eigenvalue weighted by Gasteiger charge is 2.12. The Balaban J connectivity index is 2.00. The number of hydrazone groups is 1. The van der Waals surface area contributed by atoms with Gasteiger partial charge in [0.15, 0.2) is 5.11 Å². The van der Waals surface area contributed by atoms with Crippen molar-refractivity contribution < 1.29 is 9.66 Å². The predicted octanol–water partition coefficient (Wildman–Crippen LogP) is 2.93. The Morgan fingerprint density at radius 3 is 2.80 bits per heavy atom. The monoisotopic (exact) mass is 354 g/mol. The number of nitrogens with zero attached hydrogens (tertiary/aromatic N) is 2. The minimum Gasteiger partial charge on any atom is -0.480 e. The van der Waals surface area contributed by atoms with E-state index in [0.717, 1.165) is 0 Å². The maximum Gasteiger partial charge on any atom is 0.292 e. The second-order valence-corrected chi connectivity index (χ2v) is 5.04. The average molecular weight is 354 g/mol. The summed E-state index contributed by atoms with van der Waals surface area (Å²) in [5, 5.41) is 17.8. The fourth-order valence-corrected chi connectivity index (χ4v) is 2.05. The van der Waals surface area contributed by atoms with Gasteiger partial charge in [-0.15, -0.1) is 6.42 Å². The quantitative estimate of drug-likeness (QED) is 0.273. The lowest BCUT2D eigenvalue weighted by Crippen LogP contribution is -2.24. The molecular weight excluding hydrogens is 340 g/mol. The first-order valence-electron chi connectivity index (χ1n) is 7.10. The molecule has 0 heterocycles. The third kappa shape index (κ3) is 5.30. The highest BCUT2D eigenvalue weighted by molar-refractivity contribution is 7.80. The first-order valence-corrected chi connectivity index (χ1v) is 7.51. The number of nitrogens with one attached hydrogen (secondary N) is 2. The van der Waals surface area contributed by atoms with Gasteiger partial charge < -0.3 is 10.1 Å². The van der Waals surface area contributed by atoms with Gasteiger partial charge in [-0.3, -0.25) is 15.5 Å². The van der Waals surface area contributed by atoms with Gasteiger partial charge in [-0.05, 0) is 30.4 Å². The molecule has 0 aliphatic carbocycles. The summed E-state index contributed by atoms with van der Waals surface area (Å²) in [7, 11) is 0. The Bertz CT molecular complexity index is 846. The lowest BCUT2D eigenvalue weighted by molar-refractivity contribution is -0.383. The minimum absolute atomic E-state index is 0.0799. The van der Waals surface area contributed by atoms with E-state index in [4.69, 9.17) is 23.4 Å². The fraction of sp³-hybridized carbons (Fsp3) is 0.0588. The molecule has 0 amide bonds. The molecular formula is C17H14N4O3S. The van der Waals surface area contributed by atoms with E-state index in [1.54, 1.807) is 30.3 Å². The highest BCUT2D eigenvalue weighted by atomic mass is 32.1. The fourth-order valence-electron chi connectivity index (χ4n) is 1.89. The molecule has 0 atom stereocenters. The number of nitro groups is 1. The lowest BCUT2D eigenvalue weighted by atomic mass is 10.2. The van der Waals surface area contributed by atoms with Crippen molar-refractivity contribution in [1.29, 1.82) is 0 Å². The molecule has 0 bridgehead atoms. The van der Waals surface area contributed by atoms with Crippen LogP contribution in [0.5, 0.6) is 5.75 Å². The van der Waals surface area contributed by atoms with Crippen LogP contribution < -0.4 is 15.5 Å². The van der Waals surface area contributed by atoms with E-state index < -0.39 is 4.92 Å². The molecule has 0 saturated carbocycles. The molecule has 0 spiro atoms. The molecule has 126 valence electrons. The summed E-state index contributed by atoms with van der Waals surface area (Å²) < 4.78 is 5.40. The van der Waals surface area contributed by atoms with Crippen LogP contribution in [0.1, 0.15) is 5.56 Å². The third-order valence-electron chi connectivity index (χ3n) is 2.95. The van der Waals surface area contributed by atoms with E-state index in [1.807, 2.05) is 12.1 Å². The van der Waals surface area contributed by atoms with Gasteiger partial charge >= 0.3 is 0 Å². The molecule has 7 nitrogen and oxygen atoms in total. The Hall–Kier alpha value is -3.44. The van der Waals surface area contributed by atoms with Crippen LogP contribution in [0, 0.1) is 22.5 Å². The van der Waals surface area contributed by atoms with Crippen molar-refractivity contribution in [1.82, 2.24) is 5.43 Å². The Morgan fingerprint density at radius 1 is 1.32 bits per heavy atom. The largest absolute Gasteiger partial charge is 0.480 e. The van der Waals surface area contributed by atoms with E-state index in [0.29, 0.717) is 11.3 Å². The smallest absolute Gasteiger partial charge is 0.292 e. The Morgan fingerprint density at radius 2 is 2.04 bits per heavy atom. The summed E-state index contributed by atoms with van der Waals surface area (Å²) in [6.45, 7) is 0.149. The van der Waals surface area contributed by atoms with Gasteiger partial charge in [0.2, 0.25) is 0 Å². The molecule has 0 radical (unpaired) electrons. The van der Waals surface area contributed by atoms with Crippen molar-refractivity contribution >= 4 is 34.9 Å². The van der Waals surface area contributed by atoms with Gasteiger partial charge in [-0.25, -0.2) is 0 Å². The summed E-state index contributed by atoms with van der Waals surface area (Å²) in [6, 6.07) is 13.4. The van der Waals surface area contributed by atoms with Crippen molar-refractivity contribution in [3.05, 3.63) is 64.2 Å². The van der Waals surface area contributed by atoms with Crippen molar-refractivity contribution in [2.24, 2.45) is 5.10 Å². The number of rotatable bonds is 6. The summed E-state index contributed by atoms with van der Waals surface area (Å²) in [4.78, 5) is 10.5. The standard InChI is InChI=1S/C17H14N4O3S/c1-2-11-24-16-10-6-3-7-13(16)12-18-20-17(25)19-14-8-4-5-9-15(14)21(22)23/h1,3-10,12H,11H2,(H2,19,20,25)/b18-12-. The molecule has 0 unspecified atom stereocenters. The zero-order valence-corrected chi connectivity index (χ0v) is 13.8. The number of hydrogen-bond donors (Lipinski definition) is 2. The predicted molar refractivity (Wildman–Crippen MR) is 101 cm³/mol. The van der Waals surface area contributed by atoms with Crippen LogP contribution >= 0.6 is 12.2 Å². The molecule has 0 saturated heterocycles. The van der Waals surface area contributed by atoms with Gasteiger partial charge in [0.25, 0.3) is 5.69 Å². The number of para-hydroxylation sites is 3. The molecule has 0 aliphatic heterocycles. The van der Waals surface area contributed by atoms with E-state index in [9.17, 15) is 10.1 Å². The minimum atomic E-state index is -0.493. The van der Waals surface area contributed by atoms with Crippen LogP contribution in [0.3, 0.4) is 0 Å². The van der Waals surface area contributed by atoms with E-state index in [-0.39, 0.29) is 23.1 Å². The van der Waals surface area contributed by atoms with Crippen molar-refractivity contribution in [2.45, 2.75) is 0 Å². The number of terminal acetylenes is 1. The van der Waals surface area contributed by atoms with Crippen LogP contribution in [0.15, 0.2) is 53.6 Å². The van der Waals surface area contributed by atoms with Crippen LogP contribution in [0.4, 0.5) is 11.4 Å². The number of anilines is 1. The van der Waals surface area contributed by atoms with Crippen LogP contribution in [-0.2, 0) is 0 Å². The van der Waals surface area contributed by atoms with Crippen LogP contribution in [0.25, 0.3) is 0 Å². The molecule has 0 aromatic heterocycles. The number of thiocarbonyl (C=S) groups is 1. The SMILES string of the molecule is C#CCOc1ccccc1/C=N\NC(=S)Nc1ccccc1[N+](=O)[O-]. The van der Waals surface area contributed by atoms with Crippen LogP contribution in [-0.4, -0.2) is 22.9 Å². The van der Waals surface area contributed by atoms with Crippen molar-refractivity contribution in [3.63, 3.8) is 0 Å². The molecule has 8 heteroatoms. The average Bonchev–Trinajstić information content (AvgIpc) is 2.61. The Kier molecular flexibility index (Phi) is 6.45. The molecule has 25 heavy (non-hydrogen) atoms. The van der Waals surface area contributed by atoms with E-state index >= 15 is 0 Å². The molecule has 2 aromatic carbocycles. The number of hydrogen-bond acceptors (Lipinski definition) is 5. The normalized spacial score (nSPS) is 10.0. The van der Waals surface area contributed by atoms with Gasteiger partial charge in [-0.1, -0.05) is 30.2 Å². The highest BCUT2D eigenvalue weighted by Crippen LogP contribution is 2.22. The zero-order chi connectivity index (χ0) is 18.1. The summed E-state index contributed by atoms with van der Waals surface area (Å²) in [5.41, 5.74) is 3.50. The van der Waals surface area contributed by atoms with Gasteiger partial charge in [0, 0.05) is 11.6 Å². The second-order valence-electron chi connectivity index (χ2n) is 4.63.